The summed E-state index contributed by atoms with van der Waals surface area (Å²) in [5, 5.41) is 0. The van der Waals surface area contributed by atoms with Crippen LogP contribution < -0.4 is 0 Å². The summed E-state index contributed by atoms with van der Waals surface area (Å²) in [7, 11) is -1.97. The molecule has 0 saturated carbocycles. The maximum atomic E-state index is 12.5. The minimum atomic E-state index is -0.987. The molecule has 1 aliphatic heterocycles. The van der Waals surface area contributed by atoms with Gasteiger partial charge in [0.15, 0.2) is 0 Å². The Balaban J connectivity index is 3.00. The molecule has 0 N–H and O–H groups in total. The highest BCUT2D eigenvalue weighted by atomic mass is 32.3. The highest BCUT2D eigenvalue weighted by Gasteiger charge is 2.31. The van der Waals surface area contributed by atoms with Gasteiger partial charge < -0.3 is 0 Å². The summed E-state index contributed by atoms with van der Waals surface area (Å²) >= 11 is 0. The third-order valence-corrected chi connectivity index (χ3v) is 5.71. The van der Waals surface area contributed by atoms with Crippen molar-refractivity contribution in [3.8, 4) is 0 Å². The number of hydrogen-bond donors (Lipinski definition) is 0. The van der Waals surface area contributed by atoms with Crippen molar-refractivity contribution in [2.75, 3.05) is 50.6 Å². The van der Waals surface area contributed by atoms with Crippen LogP contribution in [-0.4, -0.2) is 65.3 Å². The lowest BCUT2D eigenvalue weighted by Crippen LogP contribution is -2.43. The first kappa shape index (κ1) is 13.8. The summed E-state index contributed by atoms with van der Waals surface area (Å²) < 4.78 is 4.05. The number of amides is 2. The third kappa shape index (κ3) is 3.10. The van der Waals surface area contributed by atoms with Crippen LogP contribution in [0.25, 0.3) is 0 Å². The van der Waals surface area contributed by atoms with Crippen LogP contribution in [0.4, 0.5) is 4.79 Å². The van der Waals surface area contributed by atoms with Gasteiger partial charge in [-0.25, -0.2) is 4.79 Å². The Bertz CT molecular complexity index is 274. The van der Waals surface area contributed by atoms with Crippen molar-refractivity contribution >= 4 is 26.5 Å². The SMILES string of the molecule is CS(C)(C)N1CC=CCN(S(C)(C)C)C1=O. The minimum absolute atomic E-state index is 0.204. The first-order valence-electron chi connectivity index (χ1n) is 5.25. The van der Waals surface area contributed by atoms with Crippen molar-refractivity contribution in [1.82, 2.24) is 8.61 Å². The van der Waals surface area contributed by atoms with E-state index in [-0.39, 0.29) is 6.03 Å². The smallest absolute Gasteiger partial charge is 0.283 e. The number of nitrogens with zero attached hydrogens (tertiary/aromatic N) is 2. The lowest BCUT2D eigenvalue weighted by Gasteiger charge is -2.46. The van der Waals surface area contributed by atoms with E-state index in [1.165, 1.54) is 0 Å². The molecule has 2 amide bonds. The fourth-order valence-electron chi connectivity index (χ4n) is 1.54. The van der Waals surface area contributed by atoms with Crippen molar-refractivity contribution in [2.45, 2.75) is 0 Å². The van der Waals surface area contributed by atoms with Gasteiger partial charge in [-0.1, -0.05) is 12.2 Å². The molecule has 0 radical (unpaired) electrons. The highest BCUT2D eigenvalue weighted by molar-refractivity contribution is 8.31. The first-order chi connectivity index (χ1) is 7.14. The molecule has 0 aromatic rings. The van der Waals surface area contributed by atoms with Gasteiger partial charge in [-0.15, -0.1) is 0 Å². The second kappa shape index (κ2) is 4.53. The lowest BCUT2D eigenvalue weighted by atomic mass is 10.5. The molecule has 0 aromatic carbocycles. The van der Waals surface area contributed by atoms with Crippen molar-refractivity contribution in [3.63, 3.8) is 0 Å². The van der Waals surface area contributed by atoms with E-state index < -0.39 is 20.4 Å². The largest absolute Gasteiger partial charge is 0.337 e. The predicted molar refractivity (Wildman–Crippen MR) is 78.7 cm³/mol. The fraction of sp³-hybridized carbons (Fsp3) is 0.727. The molecule has 0 unspecified atom stereocenters. The molecule has 3 nitrogen and oxygen atoms in total. The maximum absolute atomic E-state index is 12.5. The van der Waals surface area contributed by atoms with E-state index in [0.717, 1.165) is 13.1 Å². The van der Waals surface area contributed by atoms with Crippen LogP contribution in [0.15, 0.2) is 12.2 Å². The minimum Gasteiger partial charge on any atom is -0.283 e. The maximum Gasteiger partial charge on any atom is 0.337 e. The standard InChI is InChI=1S/C11H24N2OS2/c1-15(2,3)12-9-7-8-10-13(11(12)14)16(4,5)6/h7-8H,9-10H2,1-6H3. The van der Waals surface area contributed by atoms with Gasteiger partial charge in [-0.2, -0.15) is 20.4 Å². The molecule has 0 aromatic heterocycles. The van der Waals surface area contributed by atoms with Crippen LogP contribution >= 0.6 is 20.4 Å². The highest BCUT2D eigenvalue weighted by Crippen LogP contribution is 2.46. The molecule has 0 saturated heterocycles. The van der Waals surface area contributed by atoms with E-state index in [2.05, 4.69) is 49.7 Å². The molecule has 1 aliphatic rings. The van der Waals surface area contributed by atoms with E-state index >= 15 is 0 Å². The van der Waals surface area contributed by atoms with Gasteiger partial charge in [0.2, 0.25) is 0 Å². The Morgan fingerprint density at radius 1 is 0.875 bits per heavy atom. The summed E-state index contributed by atoms with van der Waals surface area (Å²) in [5.74, 6) is 0. The fourth-order valence-corrected chi connectivity index (χ4v) is 3.79. The molecule has 5 heteroatoms. The van der Waals surface area contributed by atoms with Crippen LogP contribution in [0.3, 0.4) is 0 Å². The molecule has 1 rings (SSSR count). The molecular formula is C11H24N2OS2. The number of urea groups is 1. The summed E-state index contributed by atoms with van der Waals surface area (Å²) in [6, 6.07) is 0.204. The first-order valence-corrected chi connectivity index (χ1v) is 10.9. The second-order valence-corrected chi connectivity index (χ2v) is 13.4. The Morgan fingerprint density at radius 2 is 1.19 bits per heavy atom. The van der Waals surface area contributed by atoms with E-state index in [1.807, 2.05) is 8.61 Å². The van der Waals surface area contributed by atoms with Gasteiger partial charge in [-0.05, 0) is 37.5 Å². The summed E-state index contributed by atoms with van der Waals surface area (Å²) in [6.45, 7) is 1.51. The molecule has 96 valence electrons. The van der Waals surface area contributed by atoms with Gasteiger partial charge in [0, 0.05) is 0 Å². The molecule has 0 fully saturated rings. The van der Waals surface area contributed by atoms with Gasteiger partial charge in [0.1, 0.15) is 0 Å². The monoisotopic (exact) mass is 264 g/mol. The lowest BCUT2D eigenvalue weighted by molar-refractivity contribution is 0.214. The summed E-state index contributed by atoms with van der Waals surface area (Å²) in [5.41, 5.74) is 0. The van der Waals surface area contributed by atoms with Gasteiger partial charge in [0.25, 0.3) is 0 Å². The van der Waals surface area contributed by atoms with Gasteiger partial charge in [-0.3, -0.25) is 8.61 Å². The number of hydrogen-bond acceptors (Lipinski definition) is 1. The molecule has 0 atom stereocenters. The molecule has 0 spiro atoms. The second-order valence-electron chi connectivity index (χ2n) is 5.42. The zero-order valence-electron chi connectivity index (χ0n) is 11.2. The summed E-state index contributed by atoms with van der Waals surface area (Å²) in [4.78, 5) is 12.5. The predicted octanol–water partition coefficient (Wildman–Crippen LogP) is 2.50. The molecule has 1 heterocycles. The van der Waals surface area contributed by atoms with E-state index in [0.29, 0.717) is 0 Å². The molecule has 16 heavy (non-hydrogen) atoms. The van der Waals surface area contributed by atoms with E-state index in [9.17, 15) is 4.79 Å². The molecule has 0 aliphatic carbocycles. The molecular weight excluding hydrogens is 240 g/mol. The van der Waals surface area contributed by atoms with Crippen LogP contribution in [0.2, 0.25) is 0 Å². The number of carbonyl (C=O) groups excluding carboxylic acids is 1. The van der Waals surface area contributed by atoms with Crippen molar-refractivity contribution in [1.29, 1.82) is 0 Å². The Kier molecular flexibility index (Phi) is 3.90. The zero-order valence-corrected chi connectivity index (χ0v) is 12.8. The van der Waals surface area contributed by atoms with E-state index in [4.69, 9.17) is 0 Å². The van der Waals surface area contributed by atoms with E-state index in [1.54, 1.807) is 0 Å². The topological polar surface area (TPSA) is 23.6 Å². The van der Waals surface area contributed by atoms with Gasteiger partial charge >= 0.3 is 6.03 Å². The van der Waals surface area contributed by atoms with Crippen molar-refractivity contribution in [2.24, 2.45) is 0 Å². The quantitative estimate of drug-likeness (QED) is 0.703. The van der Waals surface area contributed by atoms with Crippen LogP contribution in [0.5, 0.6) is 0 Å². The number of carbonyl (C=O) groups is 1. The van der Waals surface area contributed by atoms with Crippen molar-refractivity contribution < 1.29 is 4.79 Å². The van der Waals surface area contributed by atoms with Crippen LogP contribution in [0, 0.1) is 0 Å². The average molecular weight is 264 g/mol. The Labute approximate surface area is 103 Å². The normalized spacial score (nSPS) is 21.0. The summed E-state index contributed by atoms with van der Waals surface area (Å²) in [6.07, 6.45) is 17.2. The Morgan fingerprint density at radius 3 is 1.44 bits per heavy atom. The average Bonchev–Trinajstić information content (AvgIpc) is 2.23. The van der Waals surface area contributed by atoms with Gasteiger partial charge in [0.05, 0.1) is 13.1 Å². The van der Waals surface area contributed by atoms with Crippen LogP contribution in [-0.2, 0) is 0 Å². The third-order valence-electron chi connectivity index (χ3n) is 2.46. The van der Waals surface area contributed by atoms with Crippen LogP contribution in [0.1, 0.15) is 0 Å². The van der Waals surface area contributed by atoms with Crippen molar-refractivity contribution in [3.05, 3.63) is 12.2 Å². The number of rotatable bonds is 2. The zero-order chi connectivity index (χ0) is 12.6. The molecule has 0 bridgehead atoms. The Hall–Kier alpha value is -0.290.